The minimum Gasteiger partial charge on any atom is -0.483 e. The number of hydrogen-bond acceptors (Lipinski definition) is 5. The summed E-state index contributed by atoms with van der Waals surface area (Å²) in [6.07, 6.45) is 3.96. The number of hydrogen-bond donors (Lipinski definition) is 2. The smallest absolute Gasteiger partial charge is 0.262 e. The van der Waals surface area contributed by atoms with E-state index in [1.807, 2.05) is 11.8 Å². The van der Waals surface area contributed by atoms with Crippen molar-refractivity contribution in [2.24, 2.45) is 11.0 Å². The van der Waals surface area contributed by atoms with Crippen molar-refractivity contribution >= 4 is 23.1 Å². The number of hydrazone groups is 1. The Morgan fingerprint density at radius 1 is 1.42 bits per heavy atom. The summed E-state index contributed by atoms with van der Waals surface area (Å²) in [7, 11) is 0. The summed E-state index contributed by atoms with van der Waals surface area (Å²) in [5.41, 5.74) is 5.74. The molecule has 2 aliphatic heterocycles. The van der Waals surface area contributed by atoms with E-state index < -0.39 is 0 Å². The molecule has 2 N–H and O–H groups in total. The molecule has 1 aromatic rings. The van der Waals surface area contributed by atoms with Crippen LogP contribution < -0.4 is 20.4 Å². The van der Waals surface area contributed by atoms with Gasteiger partial charge in [0.25, 0.3) is 5.91 Å². The summed E-state index contributed by atoms with van der Waals surface area (Å²) >= 11 is 0. The molecule has 1 amide bonds. The Morgan fingerprint density at radius 2 is 2.21 bits per heavy atom. The van der Waals surface area contributed by atoms with Gasteiger partial charge in [0, 0.05) is 11.7 Å². The first-order valence-electron chi connectivity index (χ1n) is 8.74. The predicted molar refractivity (Wildman–Crippen MR) is 94.6 cm³/mol. The summed E-state index contributed by atoms with van der Waals surface area (Å²) in [6, 6.07) is 4.32. The van der Waals surface area contributed by atoms with Crippen LogP contribution in [0.4, 0.5) is 11.4 Å². The summed E-state index contributed by atoms with van der Waals surface area (Å²) in [5.74, 6) is 2.23. The molecular weight excluding hydrogens is 304 g/mol. The lowest BCUT2D eigenvalue weighted by Crippen LogP contribution is -2.55. The third-order valence-corrected chi connectivity index (χ3v) is 5.50. The molecule has 6 nitrogen and oxygen atoms in total. The first-order chi connectivity index (χ1) is 11.5. The van der Waals surface area contributed by atoms with E-state index in [1.165, 1.54) is 19.3 Å². The fraction of sp³-hybridized carbons (Fsp3) is 0.556. The van der Waals surface area contributed by atoms with Gasteiger partial charge >= 0.3 is 0 Å². The molecule has 24 heavy (non-hydrogen) atoms. The first-order valence-corrected chi connectivity index (χ1v) is 8.74. The van der Waals surface area contributed by atoms with Gasteiger partial charge in [-0.3, -0.25) is 4.79 Å². The highest BCUT2D eigenvalue weighted by Crippen LogP contribution is 2.40. The maximum Gasteiger partial charge on any atom is 0.262 e. The molecule has 0 bridgehead atoms. The van der Waals surface area contributed by atoms with Crippen LogP contribution in [0.5, 0.6) is 5.75 Å². The SMILES string of the molecule is Cc1cc2c(cc1NC(C)C1CCC1)N1C(=NNC(=O)[C@H]1C)CO2. The molecule has 0 aromatic heterocycles. The topological polar surface area (TPSA) is 66.0 Å². The standard InChI is InChI=1S/C18H24N4O2/c1-10-7-16-15(8-14(10)19-11(2)13-5-4-6-13)22-12(3)18(23)21-20-17(22)9-24-16/h7-8,11-13,19H,4-6,9H2,1-3H3,(H,21,23)/t11?,12-/m1/s1. The van der Waals surface area contributed by atoms with Crippen LogP contribution in [0.1, 0.15) is 38.7 Å². The minimum atomic E-state index is -0.292. The van der Waals surface area contributed by atoms with E-state index in [9.17, 15) is 4.79 Å². The van der Waals surface area contributed by atoms with Crippen LogP contribution in [-0.4, -0.2) is 30.4 Å². The quantitative estimate of drug-likeness (QED) is 0.895. The van der Waals surface area contributed by atoms with Crippen molar-refractivity contribution in [1.29, 1.82) is 0 Å². The number of ether oxygens (including phenoxy) is 1. The Hall–Kier alpha value is -2.24. The second-order valence-electron chi connectivity index (χ2n) is 7.10. The van der Waals surface area contributed by atoms with Crippen LogP contribution in [0.2, 0.25) is 0 Å². The van der Waals surface area contributed by atoms with Gasteiger partial charge in [-0.05, 0) is 57.2 Å². The van der Waals surface area contributed by atoms with Crippen molar-refractivity contribution in [2.45, 2.75) is 52.1 Å². The fourth-order valence-electron chi connectivity index (χ4n) is 3.63. The molecule has 2 heterocycles. The lowest BCUT2D eigenvalue weighted by Gasteiger charge is -2.39. The first kappa shape index (κ1) is 15.3. The van der Waals surface area contributed by atoms with Crippen LogP contribution >= 0.6 is 0 Å². The number of anilines is 2. The van der Waals surface area contributed by atoms with Gasteiger partial charge in [0.1, 0.15) is 18.4 Å². The van der Waals surface area contributed by atoms with Crippen molar-refractivity contribution in [2.75, 3.05) is 16.8 Å². The van der Waals surface area contributed by atoms with E-state index in [2.05, 4.69) is 41.8 Å². The van der Waals surface area contributed by atoms with Crippen LogP contribution in [0.25, 0.3) is 0 Å². The number of benzene rings is 1. The predicted octanol–water partition coefficient (Wildman–Crippen LogP) is 2.63. The molecule has 3 aliphatic rings. The Bertz CT molecular complexity index is 711. The Labute approximate surface area is 142 Å². The molecule has 0 spiro atoms. The van der Waals surface area contributed by atoms with Crippen molar-refractivity contribution in [3.05, 3.63) is 17.7 Å². The van der Waals surface area contributed by atoms with E-state index >= 15 is 0 Å². The Morgan fingerprint density at radius 3 is 2.92 bits per heavy atom. The van der Waals surface area contributed by atoms with Gasteiger partial charge in [0.2, 0.25) is 0 Å². The normalized spacial score (nSPS) is 24.0. The van der Waals surface area contributed by atoms with Gasteiger partial charge in [-0.15, -0.1) is 0 Å². The van der Waals surface area contributed by atoms with Crippen LogP contribution in [0.3, 0.4) is 0 Å². The van der Waals surface area contributed by atoms with Gasteiger partial charge in [-0.25, -0.2) is 5.43 Å². The van der Waals surface area contributed by atoms with E-state index in [-0.39, 0.29) is 11.9 Å². The maximum absolute atomic E-state index is 12.0. The average molecular weight is 328 g/mol. The molecule has 1 aliphatic carbocycles. The third-order valence-electron chi connectivity index (χ3n) is 5.50. The average Bonchev–Trinajstić information content (AvgIpc) is 2.49. The maximum atomic E-state index is 12.0. The van der Waals surface area contributed by atoms with E-state index in [0.29, 0.717) is 12.6 Å². The molecule has 1 aromatic carbocycles. The van der Waals surface area contributed by atoms with Crippen LogP contribution in [-0.2, 0) is 4.79 Å². The van der Waals surface area contributed by atoms with E-state index in [0.717, 1.165) is 34.4 Å². The zero-order valence-corrected chi connectivity index (χ0v) is 14.4. The lowest BCUT2D eigenvalue weighted by atomic mass is 9.80. The molecule has 1 unspecified atom stereocenters. The van der Waals surface area contributed by atoms with Gasteiger partial charge < -0.3 is 15.0 Å². The molecule has 0 saturated heterocycles. The third kappa shape index (κ3) is 2.41. The summed E-state index contributed by atoms with van der Waals surface area (Å²) in [5, 5.41) is 7.80. The summed E-state index contributed by atoms with van der Waals surface area (Å²) < 4.78 is 5.85. The fourth-order valence-corrected chi connectivity index (χ4v) is 3.63. The Balaban J connectivity index is 1.68. The second-order valence-corrected chi connectivity index (χ2v) is 7.10. The number of carbonyl (C=O) groups is 1. The number of rotatable bonds is 3. The number of nitrogens with one attached hydrogen (secondary N) is 2. The highest BCUT2D eigenvalue weighted by molar-refractivity contribution is 6.09. The molecule has 0 radical (unpaired) electrons. The summed E-state index contributed by atoms with van der Waals surface area (Å²) in [4.78, 5) is 14.0. The number of carbonyl (C=O) groups excluding carboxylic acids is 1. The van der Waals surface area contributed by atoms with Gasteiger partial charge in [-0.2, -0.15) is 5.10 Å². The summed E-state index contributed by atoms with van der Waals surface area (Å²) in [6.45, 7) is 6.61. The number of fused-ring (bicyclic) bond motifs is 3. The molecule has 1 saturated carbocycles. The van der Waals surface area contributed by atoms with Crippen molar-refractivity contribution < 1.29 is 9.53 Å². The zero-order valence-electron chi connectivity index (χ0n) is 14.4. The van der Waals surface area contributed by atoms with Gasteiger partial charge in [0.05, 0.1) is 5.69 Å². The Kier molecular flexibility index (Phi) is 3.62. The van der Waals surface area contributed by atoms with Gasteiger partial charge in [-0.1, -0.05) is 6.42 Å². The van der Waals surface area contributed by atoms with E-state index in [1.54, 1.807) is 0 Å². The number of amides is 1. The number of amidine groups is 1. The lowest BCUT2D eigenvalue weighted by molar-refractivity contribution is -0.122. The zero-order chi connectivity index (χ0) is 16.8. The molecule has 4 rings (SSSR count). The van der Waals surface area contributed by atoms with Crippen LogP contribution in [0.15, 0.2) is 17.2 Å². The van der Waals surface area contributed by atoms with Gasteiger partial charge in [0.15, 0.2) is 5.84 Å². The number of aryl methyl sites for hydroxylation is 1. The minimum absolute atomic E-state index is 0.0930. The monoisotopic (exact) mass is 328 g/mol. The number of nitrogens with zero attached hydrogens (tertiary/aromatic N) is 2. The highest BCUT2D eigenvalue weighted by atomic mass is 16.5. The molecule has 128 valence electrons. The van der Waals surface area contributed by atoms with E-state index in [4.69, 9.17) is 4.74 Å². The van der Waals surface area contributed by atoms with Crippen LogP contribution in [0, 0.1) is 12.8 Å². The molecule has 6 heteroatoms. The van der Waals surface area contributed by atoms with Crippen molar-refractivity contribution in [3.63, 3.8) is 0 Å². The van der Waals surface area contributed by atoms with Crippen molar-refractivity contribution in [1.82, 2.24) is 5.43 Å². The molecule has 1 fully saturated rings. The second kappa shape index (κ2) is 5.69. The largest absolute Gasteiger partial charge is 0.483 e. The van der Waals surface area contributed by atoms with Crippen molar-refractivity contribution in [3.8, 4) is 5.75 Å². The molecular formula is C18H24N4O2. The molecule has 2 atom stereocenters. The highest BCUT2D eigenvalue weighted by Gasteiger charge is 2.35.